The fourth-order valence-electron chi connectivity index (χ4n) is 3.63. The van der Waals surface area contributed by atoms with Gasteiger partial charge in [0.2, 0.25) is 5.56 Å². The Hall–Kier alpha value is -3.27. The van der Waals surface area contributed by atoms with Crippen molar-refractivity contribution in [2.45, 2.75) is 24.9 Å². The molecule has 0 aliphatic rings. The van der Waals surface area contributed by atoms with Crippen molar-refractivity contribution >= 4 is 39.2 Å². The Morgan fingerprint density at radius 3 is 2.64 bits per heavy atom. The molecule has 8 nitrogen and oxygen atoms in total. The van der Waals surface area contributed by atoms with E-state index >= 15 is 0 Å². The van der Waals surface area contributed by atoms with Crippen molar-refractivity contribution in [2.24, 2.45) is 12.2 Å². The number of benzene rings is 1. The fraction of sp³-hybridized carbons (Fsp3) is 0.174. The van der Waals surface area contributed by atoms with Crippen LogP contribution in [-0.4, -0.2) is 13.8 Å². The molecule has 3 aromatic heterocycles. The molecule has 0 aliphatic heterocycles. The average Bonchev–Trinajstić information content (AvgIpc) is 2.76. The van der Waals surface area contributed by atoms with Crippen LogP contribution in [0, 0.1) is 6.92 Å². The lowest BCUT2D eigenvalue weighted by molar-refractivity contribution is 0.609. The summed E-state index contributed by atoms with van der Waals surface area (Å²) in [6.07, 6.45) is 1.62. The number of fused-ring (bicyclic) bond motifs is 1. The molecule has 3 heterocycles. The van der Waals surface area contributed by atoms with E-state index in [0.29, 0.717) is 28.0 Å². The molecule has 4 aromatic rings. The summed E-state index contributed by atoms with van der Waals surface area (Å²) in [5, 5.41) is 9.55. The molecule has 33 heavy (non-hydrogen) atoms. The third-order valence-electron chi connectivity index (χ3n) is 5.23. The maximum absolute atomic E-state index is 13.0. The largest absolute Gasteiger partial charge is 0.455 e. The van der Waals surface area contributed by atoms with Crippen LogP contribution in [0.2, 0.25) is 5.15 Å². The van der Waals surface area contributed by atoms with Gasteiger partial charge in [-0.2, -0.15) is 0 Å². The molecule has 1 aromatic carbocycles. The number of halogens is 1. The minimum atomic E-state index is -1.85. The second kappa shape index (κ2) is 8.93. The first kappa shape index (κ1) is 22.9. The zero-order valence-electron chi connectivity index (χ0n) is 18.1. The lowest BCUT2D eigenvalue weighted by Gasteiger charge is -2.19. The van der Waals surface area contributed by atoms with Crippen LogP contribution in [0.25, 0.3) is 22.3 Å². The van der Waals surface area contributed by atoms with E-state index in [0.717, 1.165) is 11.1 Å². The number of pyridine rings is 2. The van der Waals surface area contributed by atoms with E-state index in [2.05, 4.69) is 10.3 Å². The number of aryl methyl sites for hydroxylation is 2. The first-order valence-corrected chi connectivity index (χ1v) is 11.6. The van der Waals surface area contributed by atoms with E-state index < -0.39 is 11.0 Å². The average molecular weight is 485 g/mol. The van der Waals surface area contributed by atoms with Gasteiger partial charge in [-0.05, 0) is 43.7 Å². The summed E-state index contributed by atoms with van der Waals surface area (Å²) in [5.74, 6) is 0.345. The number of nitrogens with zero attached hydrogens (tertiary/aromatic N) is 2. The molecular weight excluding hydrogens is 464 g/mol. The first-order valence-electron chi connectivity index (χ1n) is 9.98. The van der Waals surface area contributed by atoms with Crippen LogP contribution in [0.1, 0.15) is 24.1 Å². The maximum atomic E-state index is 13.0. The molecule has 10 heteroatoms. The van der Waals surface area contributed by atoms with Crippen LogP contribution in [0.4, 0.5) is 5.69 Å². The number of nitrogens with one attached hydrogen (secondary N) is 1. The number of aromatic nitrogens is 2. The molecule has 4 rings (SSSR count). The quantitative estimate of drug-likeness (QED) is 0.417. The van der Waals surface area contributed by atoms with E-state index in [4.69, 9.17) is 21.2 Å². The zero-order valence-corrected chi connectivity index (χ0v) is 19.7. The SMILES string of the molecule is Cc1cc(C(C)Nc2ccc(Cl)nc2S(N)=O)c2oc(-c3ccc(=O)n(C)c3)cc(=O)c2c1. The van der Waals surface area contributed by atoms with Crippen molar-refractivity contribution in [3.05, 3.63) is 85.5 Å². The Morgan fingerprint density at radius 2 is 1.94 bits per heavy atom. The molecule has 0 saturated carbocycles. The van der Waals surface area contributed by atoms with Crippen LogP contribution in [0.15, 0.2) is 67.7 Å². The molecule has 170 valence electrons. The summed E-state index contributed by atoms with van der Waals surface area (Å²) in [7, 11) is -0.221. The van der Waals surface area contributed by atoms with E-state index in [-0.39, 0.29) is 27.2 Å². The highest BCUT2D eigenvalue weighted by molar-refractivity contribution is 7.82. The Bertz CT molecular complexity index is 1530. The molecule has 0 bridgehead atoms. The van der Waals surface area contributed by atoms with Crippen molar-refractivity contribution in [2.75, 3.05) is 5.32 Å². The molecule has 0 aliphatic carbocycles. The van der Waals surface area contributed by atoms with E-state index in [1.54, 1.807) is 37.5 Å². The maximum Gasteiger partial charge on any atom is 0.250 e. The summed E-state index contributed by atoms with van der Waals surface area (Å²) in [4.78, 5) is 28.8. The van der Waals surface area contributed by atoms with Gasteiger partial charge < -0.3 is 14.3 Å². The summed E-state index contributed by atoms with van der Waals surface area (Å²) < 4.78 is 19.6. The van der Waals surface area contributed by atoms with Crippen molar-refractivity contribution in [3.63, 3.8) is 0 Å². The van der Waals surface area contributed by atoms with Crippen LogP contribution < -0.4 is 21.4 Å². The standard InChI is InChI=1S/C23H21ClN4O4S/c1-12-8-15(13(2)26-17-5-6-20(24)27-23(17)33(25)31)22-16(9-12)18(29)10-19(32-22)14-4-7-21(30)28(3)11-14/h4-11,13,26H,25H2,1-3H3. The van der Waals surface area contributed by atoms with Crippen LogP contribution >= 0.6 is 11.6 Å². The molecule has 0 amide bonds. The van der Waals surface area contributed by atoms with Gasteiger partial charge in [0, 0.05) is 36.5 Å². The molecule has 0 fully saturated rings. The highest BCUT2D eigenvalue weighted by Gasteiger charge is 2.19. The van der Waals surface area contributed by atoms with Gasteiger partial charge in [0.1, 0.15) is 27.5 Å². The van der Waals surface area contributed by atoms with Gasteiger partial charge in [0.15, 0.2) is 10.5 Å². The van der Waals surface area contributed by atoms with E-state index in [1.165, 1.54) is 16.7 Å². The Kier molecular flexibility index (Phi) is 6.20. The summed E-state index contributed by atoms with van der Waals surface area (Å²) in [5.41, 5.74) is 2.71. The van der Waals surface area contributed by atoms with Crippen LogP contribution in [-0.2, 0) is 18.0 Å². The number of hydrogen-bond acceptors (Lipinski definition) is 6. The van der Waals surface area contributed by atoms with Crippen molar-refractivity contribution in [1.82, 2.24) is 9.55 Å². The number of hydrogen-bond donors (Lipinski definition) is 2. The van der Waals surface area contributed by atoms with Crippen LogP contribution in [0.3, 0.4) is 0 Å². The smallest absolute Gasteiger partial charge is 0.250 e. The third kappa shape index (κ3) is 4.61. The summed E-state index contributed by atoms with van der Waals surface area (Å²) in [6, 6.07) is 11.0. The fourth-order valence-corrected chi connectivity index (χ4v) is 4.36. The monoisotopic (exact) mass is 484 g/mol. The van der Waals surface area contributed by atoms with Gasteiger partial charge in [-0.3, -0.25) is 9.59 Å². The number of anilines is 1. The second-order valence-corrected chi connectivity index (χ2v) is 9.09. The lowest BCUT2D eigenvalue weighted by Crippen LogP contribution is -2.15. The highest BCUT2D eigenvalue weighted by Crippen LogP contribution is 2.31. The van der Waals surface area contributed by atoms with Gasteiger partial charge >= 0.3 is 0 Å². The van der Waals surface area contributed by atoms with Gasteiger partial charge in [-0.25, -0.2) is 14.3 Å². The van der Waals surface area contributed by atoms with Gasteiger partial charge in [-0.1, -0.05) is 17.7 Å². The molecule has 0 spiro atoms. The predicted molar refractivity (Wildman–Crippen MR) is 130 cm³/mol. The second-order valence-electron chi connectivity index (χ2n) is 7.72. The molecule has 0 radical (unpaired) electrons. The number of rotatable bonds is 5. The Balaban J connectivity index is 1.86. The molecule has 2 atom stereocenters. The minimum Gasteiger partial charge on any atom is -0.455 e. The third-order valence-corrected chi connectivity index (χ3v) is 6.13. The van der Waals surface area contributed by atoms with E-state index in [1.807, 2.05) is 19.9 Å². The van der Waals surface area contributed by atoms with E-state index in [9.17, 15) is 13.8 Å². The normalized spacial score (nSPS) is 13.1. The first-order chi connectivity index (χ1) is 15.6. The molecular formula is C23H21ClN4O4S. The Morgan fingerprint density at radius 1 is 1.18 bits per heavy atom. The summed E-state index contributed by atoms with van der Waals surface area (Å²) >= 11 is 5.93. The van der Waals surface area contributed by atoms with Crippen molar-refractivity contribution in [1.29, 1.82) is 0 Å². The summed E-state index contributed by atoms with van der Waals surface area (Å²) in [6.45, 7) is 3.77. The van der Waals surface area contributed by atoms with Gasteiger partial charge in [0.25, 0.3) is 0 Å². The van der Waals surface area contributed by atoms with Crippen molar-refractivity contribution in [3.8, 4) is 11.3 Å². The molecule has 0 saturated heterocycles. The highest BCUT2D eigenvalue weighted by atomic mass is 35.5. The van der Waals surface area contributed by atoms with Crippen LogP contribution in [0.5, 0.6) is 0 Å². The predicted octanol–water partition coefficient (Wildman–Crippen LogP) is 3.67. The van der Waals surface area contributed by atoms with Crippen molar-refractivity contribution < 1.29 is 8.63 Å². The zero-order chi connectivity index (χ0) is 23.9. The van der Waals surface area contributed by atoms with Gasteiger partial charge in [0.05, 0.1) is 17.1 Å². The number of nitrogens with two attached hydrogens (primary N) is 1. The molecule has 2 unspecified atom stereocenters. The topological polar surface area (TPSA) is 120 Å². The Labute approximate surface area is 196 Å². The minimum absolute atomic E-state index is 0.124. The molecule has 3 N–H and O–H groups in total. The lowest BCUT2D eigenvalue weighted by atomic mass is 10.0. The van der Waals surface area contributed by atoms with Gasteiger partial charge in [-0.15, -0.1) is 0 Å².